The van der Waals surface area contributed by atoms with Crippen molar-refractivity contribution in [3.8, 4) is 5.75 Å². The second-order valence-corrected chi connectivity index (χ2v) is 7.18. The van der Waals surface area contributed by atoms with Crippen molar-refractivity contribution in [3.63, 3.8) is 0 Å². The molecule has 22 heavy (non-hydrogen) atoms. The topological polar surface area (TPSA) is 38.3 Å². The third kappa shape index (κ3) is 2.62. The van der Waals surface area contributed by atoms with E-state index in [1.165, 1.54) is 36.8 Å². The summed E-state index contributed by atoms with van der Waals surface area (Å²) in [6.07, 6.45) is 7.23. The fourth-order valence-corrected chi connectivity index (χ4v) is 4.61. The normalized spacial score (nSPS) is 30.7. The van der Waals surface area contributed by atoms with Gasteiger partial charge in [-0.1, -0.05) is 32.3 Å². The van der Waals surface area contributed by atoms with E-state index in [-0.39, 0.29) is 17.4 Å². The van der Waals surface area contributed by atoms with Crippen molar-refractivity contribution in [1.82, 2.24) is 5.32 Å². The number of hydrogen-bond donors (Lipinski definition) is 1. The van der Waals surface area contributed by atoms with Crippen LogP contribution in [0.4, 0.5) is 0 Å². The smallest absolute Gasteiger partial charge is 0.217 e. The van der Waals surface area contributed by atoms with Crippen molar-refractivity contribution in [2.75, 3.05) is 7.11 Å². The molecule has 2 aliphatic carbocycles. The number of methoxy groups -OCH3 is 1. The molecular weight excluding hydrogens is 274 g/mol. The number of carbonyl (C=O) groups is 1. The minimum atomic E-state index is 0.0128. The van der Waals surface area contributed by atoms with E-state index in [1.54, 1.807) is 14.0 Å². The Morgan fingerprint density at radius 1 is 1.32 bits per heavy atom. The minimum absolute atomic E-state index is 0.0128. The molecule has 3 heteroatoms. The molecule has 1 fully saturated rings. The van der Waals surface area contributed by atoms with E-state index >= 15 is 0 Å². The number of rotatable bonds is 2. The number of nitrogens with one attached hydrogen (secondary N) is 1. The zero-order chi connectivity index (χ0) is 15.7. The third-order valence-electron chi connectivity index (χ3n) is 5.70. The van der Waals surface area contributed by atoms with Gasteiger partial charge < -0.3 is 10.1 Å². The van der Waals surface area contributed by atoms with E-state index in [9.17, 15) is 4.79 Å². The molecule has 1 saturated carbocycles. The lowest BCUT2D eigenvalue weighted by atomic mass is 9.59. The van der Waals surface area contributed by atoms with Gasteiger partial charge in [0, 0.05) is 18.4 Å². The highest BCUT2D eigenvalue weighted by molar-refractivity contribution is 5.73. The molecule has 1 amide bonds. The molecule has 1 aromatic carbocycles. The van der Waals surface area contributed by atoms with Crippen LogP contribution in [-0.4, -0.2) is 19.1 Å². The maximum atomic E-state index is 11.8. The Kier molecular flexibility index (Phi) is 4.16. The molecule has 2 bridgehead atoms. The van der Waals surface area contributed by atoms with E-state index in [4.69, 9.17) is 4.74 Å². The Bertz CT molecular complexity index is 569. The molecule has 1 N–H and O–H groups in total. The van der Waals surface area contributed by atoms with Crippen molar-refractivity contribution < 1.29 is 9.53 Å². The Morgan fingerprint density at radius 2 is 2.14 bits per heavy atom. The van der Waals surface area contributed by atoms with Crippen molar-refractivity contribution >= 4 is 5.91 Å². The van der Waals surface area contributed by atoms with E-state index in [0.717, 1.165) is 18.6 Å². The second kappa shape index (κ2) is 5.94. The van der Waals surface area contributed by atoms with Gasteiger partial charge in [-0.3, -0.25) is 4.79 Å². The second-order valence-electron chi connectivity index (χ2n) is 7.18. The van der Waals surface area contributed by atoms with Crippen LogP contribution in [0.5, 0.6) is 5.75 Å². The summed E-state index contributed by atoms with van der Waals surface area (Å²) in [7, 11) is 1.72. The van der Waals surface area contributed by atoms with Gasteiger partial charge in [0.1, 0.15) is 5.75 Å². The third-order valence-corrected chi connectivity index (χ3v) is 5.70. The van der Waals surface area contributed by atoms with Crippen LogP contribution in [-0.2, 0) is 16.6 Å². The lowest BCUT2D eigenvalue weighted by molar-refractivity contribution is -0.120. The quantitative estimate of drug-likeness (QED) is 0.906. The number of carbonyl (C=O) groups excluding carboxylic acids is 1. The van der Waals surface area contributed by atoms with Crippen molar-refractivity contribution in [1.29, 1.82) is 0 Å². The van der Waals surface area contributed by atoms with E-state index in [1.807, 2.05) is 0 Å². The summed E-state index contributed by atoms with van der Waals surface area (Å²) >= 11 is 0. The fraction of sp³-hybridized carbons (Fsp3) is 0.632. The Balaban J connectivity index is 2.09. The van der Waals surface area contributed by atoms with Gasteiger partial charge in [-0.05, 0) is 48.4 Å². The number of benzene rings is 1. The van der Waals surface area contributed by atoms with Crippen LogP contribution in [0.25, 0.3) is 0 Å². The average molecular weight is 301 g/mol. The highest BCUT2D eigenvalue weighted by Gasteiger charge is 2.46. The van der Waals surface area contributed by atoms with Crippen LogP contribution in [0.2, 0.25) is 0 Å². The standard InChI is InChI=1S/C19H27NO2/c1-13(21)20-18-15-7-5-4-6-10-19(18,2)17-12-16(22-3)9-8-14(17)11-15/h8-9,12,15,18H,4-7,10-11H2,1-3H3,(H,20,21). The van der Waals surface area contributed by atoms with Gasteiger partial charge in [-0.25, -0.2) is 0 Å². The van der Waals surface area contributed by atoms with Crippen LogP contribution in [0.3, 0.4) is 0 Å². The van der Waals surface area contributed by atoms with Crippen molar-refractivity contribution in [3.05, 3.63) is 29.3 Å². The first-order valence-corrected chi connectivity index (χ1v) is 8.49. The van der Waals surface area contributed by atoms with Gasteiger partial charge in [-0.2, -0.15) is 0 Å². The lowest BCUT2D eigenvalue weighted by Crippen LogP contribution is -2.56. The monoisotopic (exact) mass is 301 g/mol. The van der Waals surface area contributed by atoms with E-state index in [0.29, 0.717) is 5.92 Å². The van der Waals surface area contributed by atoms with Crippen molar-refractivity contribution in [2.24, 2.45) is 5.92 Å². The number of fused-ring (bicyclic) bond motifs is 4. The summed E-state index contributed by atoms with van der Waals surface area (Å²) in [6.45, 7) is 3.98. The van der Waals surface area contributed by atoms with Gasteiger partial charge in [0.25, 0.3) is 0 Å². The fourth-order valence-electron chi connectivity index (χ4n) is 4.61. The summed E-state index contributed by atoms with van der Waals surface area (Å²) in [6, 6.07) is 6.73. The highest BCUT2D eigenvalue weighted by Crippen LogP contribution is 2.47. The largest absolute Gasteiger partial charge is 0.497 e. The maximum absolute atomic E-state index is 11.8. The number of amides is 1. The molecular formula is C19H27NO2. The molecule has 0 aromatic heterocycles. The number of hydrogen-bond acceptors (Lipinski definition) is 2. The van der Waals surface area contributed by atoms with Gasteiger partial charge in [0.05, 0.1) is 7.11 Å². The van der Waals surface area contributed by atoms with Gasteiger partial charge in [0.2, 0.25) is 5.91 Å². The molecule has 3 atom stereocenters. The first-order chi connectivity index (χ1) is 10.5. The molecule has 3 nitrogen and oxygen atoms in total. The molecule has 1 aromatic rings. The number of ether oxygens (including phenoxy) is 1. The van der Waals surface area contributed by atoms with Gasteiger partial charge in [-0.15, -0.1) is 0 Å². The summed E-state index contributed by atoms with van der Waals surface area (Å²) in [5, 5.41) is 3.29. The summed E-state index contributed by atoms with van der Waals surface area (Å²) in [4.78, 5) is 11.8. The van der Waals surface area contributed by atoms with Gasteiger partial charge >= 0.3 is 0 Å². The lowest BCUT2D eigenvalue weighted by Gasteiger charge is -2.49. The predicted octanol–water partition coefficient (Wildman–Crippen LogP) is 3.59. The van der Waals surface area contributed by atoms with Crippen LogP contribution in [0.1, 0.15) is 57.1 Å². The first-order valence-electron chi connectivity index (χ1n) is 8.49. The molecule has 2 aliphatic rings. The highest BCUT2D eigenvalue weighted by atomic mass is 16.5. The Hall–Kier alpha value is -1.51. The first kappa shape index (κ1) is 15.4. The van der Waals surface area contributed by atoms with Crippen LogP contribution in [0, 0.1) is 5.92 Å². The summed E-state index contributed by atoms with van der Waals surface area (Å²) in [5.74, 6) is 1.56. The predicted molar refractivity (Wildman–Crippen MR) is 88.2 cm³/mol. The molecule has 3 unspecified atom stereocenters. The zero-order valence-electron chi connectivity index (χ0n) is 13.9. The Labute approximate surface area is 133 Å². The van der Waals surface area contributed by atoms with Crippen LogP contribution >= 0.6 is 0 Å². The Morgan fingerprint density at radius 3 is 2.86 bits per heavy atom. The van der Waals surface area contributed by atoms with Gasteiger partial charge in [0.15, 0.2) is 0 Å². The average Bonchev–Trinajstić information content (AvgIpc) is 2.49. The molecule has 0 spiro atoms. The minimum Gasteiger partial charge on any atom is -0.497 e. The van der Waals surface area contributed by atoms with E-state index in [2.05, 4.69) is 30.4 Å². The molecule has 3 rings (SSSR count). The summed E-state index contributed by atoms with van der Waals surface area (Å²) in [5.41, 5.74) is 2.83. The maximum Gasteiger partial charge on any atom is 0.217 e. The summed E-state index contributed by atoms with van der Waals surface area (Å²) < 4.78 is 5.45. The SMILES string of the molecule is COc1ccc2c(c1)C1(C)CCCCCC(C2)C1NC(C)=O. The molecule has 0 radical (unpaired) electrons. The molecule has 0 aliphatic heterocycles. The van der Waals surface area contributed by atoms with E-state index < -0.39 is 0 Å². The zero-order valence-corrected chi connectivity index (χ0v) is 13.9. The molecule has 0 saturated heterocycles. The molecule has 0 heterocycles. The molecule has 120 valence electrons. The van der Waals surface area contributed by atoms with Crippen molar-refractivity contribution in [2.45, 2.75) is 63.8 Å². The van der Waals surface area contributed by atoms with Crippen LogP contribution in [0.15, 0.2) is 18.2 Å². The van der Waals surface area contributed by atoms with Crippen LogP contribution < -0.4 is 10.1 Å².